The molecule has 0 aliphatic carbocycles. The van der Waals surface area contributed by atoms with Gasteiger partial charge in [0.1, 0.15) is 0 Å². The number of rotatable bonds is 6. The summed E-state index contributed by atoms with van der Waals surface area (Å²) < 4.78 is 1.96. The van der Waals surface area contributed by atoms with E-state index in [9.17, 15) is 4.79 Å². The molecule has 2 aromatic rings. The number of carboxylic acid groups (broad SMARTS) is 1. The minimum atomic E-state index is -0.829. The van der Waals surface area contributed by atoms with Crippen LogP contribution in [0.1, 0.15) is 10.7 Å². The predicted octanol–water partition coefficient (Wildman–Crippen LogP) is 2.07. The molecule has 2 aromatic heterocycles. The molecule has 18 heavy (non-hydrogen) atoms. The van der Waals surface area contributed by atoms with E-state index in [-0.39, 0.29) is 5.75 Å². The van der Waals surface area contributed by atoms with Crippen LogP contribution in [0.4, 0.5) is 0 Å². The summed E-state index contributed by atoms with van der Waals surface area (Å²) in [5.41, 5.74) is 1.07. The Morgan fingerprint density at radius 1 is 1.61 bits per heavy atom. The van der Waals surface area contributed by atoms with Gasteiger partial charge in [-0.2, -0.15) is 0 Å². The molecule has 0 atom stereocenters. The molecule has 0 aliphatic heterocycles. The molecular formula is C11H13N3O2S2. The number of imidazole rings is 1. The van der Waals surface area contributed by atoms with E-state index in [1.807, 2.05) is 17.7 Å². The second kappa shape index (κ2) is 6.01. The van der Waals surface area contributed by atoms with Crippen molar-refractivity contribution >= 4 is 29.1 Å². The van der Waals surface area contributed by atoms with Gasteiger partial charge in [-0.15, -0.1) is 11.3 Å². The largest absolute Gasteiger partial charge is 0.481 e. The van der Waals surface area contributed by atoms with Crippen molar-refractivity contribution in [2.75, 3.05) is 5.75 Å². The van der Waals surface area contributed by atoms with Crippen LogP contribution in [0.3, 0.4) is 0 Å². The lowest BCUT2D eigenvalue weighted by Crippen LogP contribution is -2.04. The highest BCUT2D eigenvalue weighted by atomic mass is 32.2. The summed E-state index contributed by atoms with van der Waals surface area (Å²) in [6, 6.07) is 0. The SMILES string of the molecule is Cc1nc(CCn2ccnc2SCC(=O)O)cs1. The van der Waals surface area contributed by atoms with Gasteiger partial charge in [-0.25, -0.2) is 9.97 Å². The van der Waals surface area contributed by atoms with Crippen molar-refractivity contribution in [1.29, 1.82) is 0 Å². The molecule has 0 saturated carbocycles. The number of nitrogens with zero attached hydrogens (tertiary/aromatic N) is 3. The molecule has 0 radical (unpaired) electrons. The molecular weight excluding hydrogens is 270 g/mol. The molecule has 0 saturated heterocycles. The number of aryl methyl sites for hydroxylation is 3. The molecule has 0 amide bonds. The quantitative estimate of drug-likeness (QED) is 0.822. The first-order chi connectivity index (χ1) is 8.65. The van der Waals surface area contributed by atoms with Gasteiger partial charge in [-0.1, -0.05) is 11.8 Å². The fourth-order valence-corrected chi connectivity index (χ4v) is 2.84. The van der Waals surface area contributed by atoms with E-state index < -0.39 is 5.97 Å². The zero-order valence-corrected chi connectivity index (χ0v) is 11.5. The zero-order chi connectivity index (χ0) is 13.0. The minimum Gasteiger partial charge on any atom is -0.481 e. The fourth-order valence-electron chi connectivity index (χ4n) is 1.49. The van der Waals surface area contributed by atoms with E-state index >= 15 is 0 Å². The maximum Gasteiger partial charge on any atom is 0.313 e. The van der Waals surface area contributed by atoms with Gasteiger partial charge in [-0.05, 0) is 6.92 Å². The monoisotopic (exact) mass is 283 g/mol. The van der Waals surface area contributed by atoms with Gasteiger partial charge in [0.2, 0.25) is 0 Å². The maximum atomic E-state index is 10.5. The molecule has 0 unspecified atom stereocenters. The van der Waals surface area contributed by atoms with Gasteiger partial charge in [0, 0.05) is 30.7 Å². The third-order valence-corrected chi connectivity index (χ3v) is 4.09. The number of aliphatic carboxylic acids is 1. The Hall–Kier alpha value is -1.34. The normalized spacial score (nSPS) is 10.7. The summed E-state index contributed by atoms with van der Waals surface area (Å²) in [5.74, 6) is -0.794. The Bertz CT molecular complexity index is 536. The summed E-state index contributed by atoms with van der Waals surface area (Å²) in [5, 5.41) is 12.5. The number of carboxylic acids is 1. The Labute approximate surface area is 113 Å². The van der Waals surface area contributed by atoms with Crippen LogP contribution in [0.15, 0.2) is 22.9 Å². The first kappa shape index (κ1) is 13.1. The summed E-state index contributed by atoms with van der Waals surface area (Å²) in [7, 11) is 0. The summed E-state index contributed by atoms with van der Waals surface area (Å²) in [6.45, 7) is 2.75. The van der Waals surface area contributed by atoms with E-state index in [1.54, 1.807) is 17.5 Å². The highest BCUT2D eigenvalue weighted by Crippen LogP contribution is 2.16. The van der Waals surface area contributed by atoms with Crippen LogP contribution in [0.2, 0.25) is 0 Å². The third kappa shape index (κ3) is 3.58. The van der Waals surface area contributed by atoms with Crippen LogP contribution in [0, 0.1) is 6.92 Å². The van der Waals surface area contributed by atoms with Gasteiger partial charge in [0.25, 0.3) is 0 Å². The van der Waals surface area contributed by atoms with Crippen molar-refractivity contribution in [2.24, 2.45) is 0 Å². The van der Waals surface area contributed by atoms with Crippen molar-refractivity contribution in [3.8, 4) is 0 Å². The summed E-state index contributed by atoms with van der Waals surface area (Å²) >= 11 is 2.88. The molecule has 96 valence electrons. The van der Waals surface area contributed by atoms with Crippen LogP contribution >= 0.6 is 23.1 Å². The van der Waals surface area contributed by atoms with Crippen LogP contribution < -0.4 is 0 Å². The van der Waals surface area contributed by atoms with Gasteiger partial charge in [0.05, 0.1) is 16.5 Å². The van der Waals surface area contributed by atoms with Crippen LogP contribution in [0.5, 0.6) is 0 Å². The average molecular weight is 283 g/mol. The number of thiazole rings is 1. The van der Waals surface area contributed by atoms with Crippen LogP contribution in [-0.2, 0) is 17.8 Å². The first-order valence-corrected chi connectivity index (χ1v) is 7.28. The van der Waals surface area contributed by atoms with Crippen molar-refractivity contribution in [2.45, 2.75) is 25.0 Å². The molecule has 0 bridgehead atoms. The molecule has 0 aliphatic rings. The molecule has 2 rings (SSSR count). The second-order valence-electron chi connectivity index (χ2n) is 3.69. The number of aromatic nitrogens is 3. The maximum absolute atomic E-state index is 10.5. The van der Waals surface area contributed by atoms with Crippen molar-refractivity contribution < 1.29 is 9.90 Å². The average Bonchev–Trinajstić information content (AvgIpc) is 2.92. The highest BCUT2D eigenvalue weighted by molar-refractivity contribution is 7.99. The van der Waals surface area contributed by atoms with Crippen molar-refractivity contribution in [3.05, 3.63) is 28.5 Å². The number of carbonyl (C=O) groups is 1. The van der Waals surface area contributed by atoms with Gasteiger partial charge >= 0.3 is 5.97 Å². The number of hydrogen-bond donors (Lipinski definition) is 1. The van der Waals surface area contributed by atoms with Crippen LogP contribution in [-0.4, -0.2) is 31.4 Å². The molecule has 0 aromatic carbocycles. The molecule has 5 nitrogen and oxygen atoms in total. The van der Waals surface area contributed by atoms with Crippen LogP contribution in [0.25, 0.3) is 0 Å². The van der Waals surface area contributed by atoms with E-state index in [1.165, 1.54) is 11.8 Å². The Morgan fingerprint density at radius 3 is 3.11 bits per heavy atom. The lowest BCUT2D eigenvalue weighted by Gasteiger charge is -2.05. The van der Waals surface area contributed by atoms with E-state index in [4.69, 9.17) is 5.11 Å². The molecule has 2 heterocycles. The Balaban J connectivity index is 1.93. The fraction of sp³-hybridized carbons (Fsp3) is 0.364. The zero-order valence-electron chi connectivity index (χ0n) is 9.87. The smallest absolute Gasteiger partial charge is 0.313 e. The lowest BCUT2D eigenvalue weighted by atomic mass is 10.3. The summed E-state index contributed by atoms with van der Waals surface area (Å²) in [6.07, 6.45) is 4.39. The molecule has 7 heteroatoms. The highest BCUT2D eigenvalue weighted by Gasteiger charge is 2.07. The van der Waals surface area contributed by atoms with E-state index in [0.717, 1.165) is 28.8 Å². The van der Waals surface area contributed by atoms with E-state index in [2.05, 4.69) is 15.3 Å². The van der Waals surface area contributed by atoms with Gasteiger partial charge in [0.15, 0.2) is 5.16 Å². The minimum absolute atomic E-state index is 0.0345. The molecule has 0 fully saturated rings. The van der Waals surface area contributed by atoms with E-state index in [0.29, 0.717) is 0 Å². The topological polar surface area (TPSA) is 68.0 Å². The molecule has 1 N–H and O–H groups in total. The molecule has 0 spiro atoms. The standard InChI is InChI=1S/C11H13N3O2S2/c1-8-13-9(6-17-8)2-4-14-5-3-12-11(14)18-7-10(15)16/h3,5-6H,2,4,7H2,1H3,(H,15,16). The second-order valence-corrected chi connectivity index (χ2v) is 5.70. The summed E-state index contributed by atoms with van der Waals surface area (Å²) in [4.78, 5) is 19.1. The van der Waals surface area contributed by atoms with Crippen molar-refractivity contribution in [1.82, 2.24) is 14.5 Å². The number of hydrogen-bond acceptors (Lipinski definition) is 5. The van der Waals surface area contributed by atoms with Gasteiger partial charge < -0.3 is 9.67 Å². The van der Waals surface area contributed by atoms with Gasteiger partial charge in [-0.3, -0.25) is 4.79 Å². The third-order valence-electron chi connectivity index (χ3n) is 2.28. The Morgan fingerprint density at radius 2 is 2.44 bits per heavy atom. The first-order valence-electron chi connectivity index (χ1n) is 5.42. The van der Waals surface area contributed by atoms with Crippen molar-refractivity contribution in [3.63, 3.8) is 0 Å². The predicted molar refractivity (Wildman–Crippen MR) is 71.1 cm³/mol. The lowest BCUT2D eigenvalue weighted by molar-refractivity contribution is -0.133. The number of thioether (sulfide) groups is 1. The Kier molecular flexibility index (Phi) is 4.38.